The minimum absolute atomic E-state index is 0.116. The summed E-state index contributed by atoms with van der Waals surface area (Å²) in [6.07, 6.45) is 65.1. The van der Waals surface area contributed by atoms with Gasteiger partial charge in [0, 0.05) is 19.3 Å². The summed E-state index contributed by atoms with van der Waals surface area (Å²) in [4.78, 5) is 37.8. The van der Waals surface area contributed by atoms with E-state index in [2.05, 4.69) is 51.2 Å². The first-order valence-corrected chi connectivity index (χ1v) is 24.5. The number of carbonyl (C=O) groups is 3. The Morgan fingerprint density at radius 3 is 1.21 bits per heavy atom. The minimum Gasteiger partial charge on any atom is -0.462 e. The summed E-state index contributed by atoms with van der Waals surface area (Å²) in [6, 6.07) is 0. The molecule has 0 aliphatic carbocycles. The zero-order valence-electron chi connectivity index (χ0n) is 39.1. The fourth-order valence-electron chi connectivity index (χ4n) is 6.30. The van der Waals surface area contributed by atoms with Crippen molar-refractivity contribution >= 4 is 17.9 Å². The standard InChI is InChI=1S/C55H88O6/c1-4-7-10-13-16-19-22-24-25-26-27-28-29-31-33-36-39-42-45-48-54(57)60-51-52(50-59-53(56)47-44-41-38-35-32-21-18-15-12-9-6-3)61-55(58)49-46-43-40-37-34-30-23-20-17-14-11-8-5-2/h7,10,13,16,19,22,24-31,33-34,40,43,52H,4-6,8-9,11-12,14-15,17-18,20-21,23,32,35-39,41-42,44-51H2,1-3H3/b10-7-,16-13-,22-19-,25-24-,27-26+,29-28-,33-31-,34-30-,43-40-. The van der Waals surface area contributed by atoms with Crippen molar-refractivity contribution < 1.29 is 28.6 Å². The smallest absolute Gasteiger partial charge is 0.306 e. The van der Waals surface area contributed by atoms with E-state index in [1.807, 2.05) is 79.0 Å². The van der Waals surface area contributed by atoms with E-state index in [1.165, 1.54) is 89.9 Å². The van der Waals surface area contributed by atoms with Crippen LogP contribution in [0.15, 0.2) is 109 Å². The van der Waals surface area contributed by atoms with Crippen LogP contribution in [-0.4, -0.2) is 37.2 Å². The molecule has 0 aromatic heterocycles. The van der Waals surface area contributed by atoms with Crippen molar-refractivity contribution in [1.82, 2.24) is 0 Å². The second-order valence-electron chi connectivity index (χ2n) is 15.8. The molecule has 0 rings (SSSR count). The van der Waals surface area contributed by atoms with Gasteiger partial charge in [-0.05, 0) is 57.8 Å². The second kappa shape index (κ2) is 48.7. The molecule has 0 saturated heterocycles. The Kier molecular flexibility index (Phi) is 45.6. The first kappa shape index (κ1) is 57.1. The zero-order valence-corrected chi connectivity index (χ0v) is 39.1. The van der Waals surface area contributed by atoms with Gasteiger partial charge in [-0.15, -0.1) is 0 Å². The van der Waals surface area contributed by atoms with E-state index in [4.69, 9.17) is 14.2 Å². The number of rotatable bonds is 42. The molecule has 61 heavy (non-hydrogen) atoms. The van der Waals surface area contributed by atoms with Crippen LogP contribution in [0.4, 0.5) is 0 Å². The fraction of sp³-hybridized carbons (Fsp3) is 0.618. The van der Waals surface area contributed by atoms with Crippen LogP contribution in [0.3, 0.4) is 0 Å². The predicted molar refractivity (Wildman–Crippen MR) is 260 cm³/mol. The van der Waals surface area contributed by atoms with Crippen molar-refractivity contribution in [2.24, 2.45) is 0 Å². The van der Waals surface area contributed by atoms with Crippen LogP contribution in [0.2, 0.25) is 0 Å². The van der Waals surface area contributed by atoms with E-state index in [9.17, 15) is 14.4 Å². The van der Waals surface area contributed by atoms with Crippen LogP contribution in [0.25, 0.3) is 0 Å². The Morgan fingerprint density at radius 2 is 0.738 bits per heavy atom. The predicted octanol–water partition coefficient (Wildman–Crippen LogP) is 16.0. The van der Waals surface area contributed by atoms with Gasteiger partial charge in [0.1, 0.15) is 13.2 Å². The highest BCUT2D eigenvalue weighted by molar-refractivity contribution is 5.71. The molecule has 0 bridgehead atoms. The number of allylic oxidation sites excluding steroid dienone is 18. The van der Waals surface area contributed by atoms with Crippen LogP contribution >= 0.6 is 0 Å². The van der Waals surface area contributed by atoms with E-state index < -0.39 is 12.1 Å². The van der Waals surface area contributed by atoms with Gasteiger partial charge < -0.3 is 14.2 Å². The molecule has 0 aliphatic heterocycles. The highest BCUT2D eigenvalue weighted by Gasteiger charge is 2.19. The molecule has 0 aromatic rings. The molecule has 1 atom stereocenters. The van der Waals surface area contributed by atoms with Crippen molar-refractivity contribution in [1.29, 1.82) is 0 Å². The molecule has 0 radical (unpaired) electrons. The average molecular weight is 845 g/mol. The normalized spacial score (nSPS) is 13.0. The average Bonchev–Trinajstić information content (AvgIpc) is 3.26. The highest BCUT2D eigenvalue weighted by Crippen LogP contribution is 2.13. The van der Waals surface area contributed by atoms with Gasteiger partial charge in [-0.1, -0.05) is 233 Å². The maximum absolute atomic E-state index is 12.7. The number of ether oxygens (including phenoxy) is 3. The lowest BCUT2D eigenvalue weighted by molar-refractivity contribution is -0.166. The Balaban J connectivity index is 4.55. The summed E-state index contributed by atoms with van der Waals surface area (Å²) in [7, 11) is 0. The minimum atomic E-state index is -0.826. The van der Waals surface area contributed by atoms with Gasteiger partial charge in [0.25, 0.3) is 0 Å². The number of carbonyl (C=O) groups excluding carboxylic acids is 3. The SMILES string of the molecule is CC\C=C/C=C\C=C/C=C\C=C\C=C/C=C\CCCCCC(=O)OCC(COC(=O)CCCCCCCCCCCCC)OC(=O)CC/C=C\C/C=C\CCCCCCCC. The maximum Gasteiger partial charge on any atom is 0.306 e. The van der Waals surface area contributed by atoms with Crippen LogP contribution in [0, 0.1) is 0 Å². The molecule has 0 amide bonds. The lowest BCUT2D eigenvalue weighted by atomic mass is 10.1. The molecular weight excluding hydrogens is 757 g/mol. The molecule has 0 N–H and O–H groups in total. The number of hydrogen-bond donors (Lipinski definition) is 0. The van der Waals surface area contributed by atoms with E-state index in [0.29, 0.717) is 19.3 Å². The van der Waals surface area contributed by atoms with E-state index in [-0.39, 0.29) is 31.6 Å². The highest BCUT2D eigenvalue weighted by atomic mass is 16.6. The van der Waals surface area contributed by atoms with Crippen molar-refractivity contribution in [3.05, 3.63) is 109 Å². The molecule has 0 aliphatic rings. The molecule has 0 saturated carbocycles. The number of hydrogen-bond acceptors (Lipinski definition) is 6. The quantitative estimate of drug-likeness (QED) is 0.0200. The Morgan fingerprint density at radius 1 is 0.361 bits per heavy atom. The summed E-state index contributed by atoms with van der Waals surface area (Å²) in [6.45, 7) is 6.36. The lowest BCUT2D eigenvalue weighted by Gasteiger charge is -2.18. The van der Waals surface area contributed by atoms with E-state index >= 15 is 0 Å². The molecule has 0 spiro atoms. The van der Waals surface area contributed by atoms with Gasteiger partial charge in [0.15, 0.2) is 6.10 Å². The lowest BCUT2D eigenvalue weighted by Crippen LogP contribution is -2.30. The van der Waals surface area contributed by atoms with E-state index in [0.717, 1.165) is 64.2 Å². The Hall–Kier alpha value is -3.93. The summed E-state index contributed by atoms with van der Waals surface area (Å²) in [5.41, 5.74) is 0. The molecule has 6 heteroatoms. The maximum atomic E-state index is 12.7. The van der Waals surface area contributed by atoms with Crippen molar-refractivity contribution in [2.75, 3.05) is 13.2 Å². The second-order valence-corrected chi connectivity index (χ2v) is 15.8. The first-order valence-electron chi connectivity index (χ1n) is 24.5. The molecule has 0 heterocycles. The first-order chi connectivity index (χ1) is 30.0. The van der Waals surface area contributed by atoms with Gasteiger partial charge in [0.05, 0.1) is 0 Å². The summed E-state index contributed by atoms with van der Waals surface area (Å²) >= 11 is 0. The fourth-order valence-corrected chi connectivity index (χ4v) is 6.30. The van der Waals surface area contributed by atoms with Gasteiger partial charge in [-0.2, -0.15) is 0 Å². The molecule has 0 fully saturated rings. The zero-order chi connectivity index (χ0) is 44.4. The third-order valence-corrected chi connectivity index (χ3v) is 9.97. The molecule has 344 valence electrons. The number of unbranched alkanes of at least 4 members (excludes halogenated alkanes) is 19. The Bertz CT molecular complexity index is 1290. The van der Waals surface area contributed by atoms with E-state index in [1.54, 1.807) is 0 Å². The van der Waals surface area contributed by atoms with Crippen LogP contribution in [0.1, 0.15) is 201 Å². The summed E-state index contributed by atoms with van der Waals surface area (Å²) in [5.74, 6) is -1.04. The summed E-state index contributed by atoms with van der Waals surface area (Å²) < 4.78 is 16.6. The van der Waals surface area contributed by atoms with Crippen molar-refractivity contribution in [2.45, 2.75) is 207 Å². The summed E-state index contributed by atoms with van der Waals surface area (Å²) in [5, 5.41) is 0. The molecule has 0 aromatic carbocycles. The van der Waals surface area contributed by atoms with Crippen LogP contribution < -0.4 is 0 Å². The third-order valence-electron chi connectivity index (χ3n) is 9.97. The van der Waals surface area contributed by atoms with Gasteiger partial charge >= 0.3 is 17.9 Å². The van der Waals surface area contributed by atoms with Gasteiger partial charge in [0.2, 0.25) is 0 Å². The van der Waals surface area contributed by atoms with Gasteiger partial charge in [-0.3, -0.25) is 14.4 Å². The molecular formula is C55H88O6. The van der Waals surface area contributed by atoms with Crippen LogP contribution in [0.5, 0.6) is 0 Å². The number of esters is 3. The van der Waals surface area contributed by atoms with Crippen molar-refractivity contribution in [3.63, 3.8) is 0 Å². The van der Waals surface area contributed by atoms with Crippen molar-refractivity contribution in [3.8, 4) is 0 Å². The van der Waals surface area contributed by atoms with Gasteiger partial charge in [-0.25, -0.2) is 0 Å². The largest absolute Gasteiger partial charge is 0.462 e. The third kappa shape index (κ3) is 47.0. The molecule has 1 unspecified atom stereocenters. The molecule has 6 nitrogen and oxygen atoms in total. The topological polar surface area (TPSA) is 78.9 Å². The van der Waals surface area contributed by atoms with Crippen LogP contribution in [-0.2, 0) is 28.6 Å². The Labute approximate surface area is 374 Å². The monoisotopic (exact) mass is 845 g/mol.